The highest BCUT2D eigenvalue weighted by Gasteiger charge is 2.24. The molecule has 0 atom stereocenters. The number of hydrogen-bond acceptors (Lipinski definition) is 5. The summed E-state index contributed by atoms with van der Waals surface area (Å²) in [6.07, 6.45) is 0. The van der Waals surface area contributed by atoms with Gasteiger partial charge in [0.2, 0.25) is 15.9 Å². The Morgan fingerprint density at radius 3 is 2.36 bits per heavy atom. The van der Waals surface area contributed by atoms with Gasteiger partial charge in [-0.15, -0.1) is 0 Å². The van der Waals surface area contributed by atoms with Crippen molar-refractivity contribution in [1.29, 1.82) is 0 Å². The number of anilines is 1. The summed E-state index contributed by atoms with van der Waals surface area (Å²) >= 11 is 0. The number of aryl methyl sites for hydroxylation is 1. The lowest BCUT2D eigenvalue weighted by molar-refractivity contribution is -0.383. The first kappa shape index (κ1) is 18.6. The Morgan fingerprint density at radius 2 is 1.76 bits per heavy atom. The zero-order valence-corrected chi connectivity index (χ0v) is 14.5. The standard InChI is InChI=1S/C16H17N3O5S/c1-12-7-9-13(10-8-12)25(23,24)18(2)11-16(20)17-14-5-3-4-6-15(14)19(21)22/h3-10H,11H2,1-2H3,(H,17,20). The van der Waals surface area contributed by atoms with Gasteiger partial charge in [0, 0.05) is 13.1 Å². The summed E-state index contributed by atoms with van der Waals surface area (Å²) < 4.78 is 25.8. The molecule has 0 aromatic heterocycles. The number of para-hydroxylation sites is 2. The topological polar surface area (TPSA) is 110 Å². The number of carbonyl (C=O) groups is 1. The third kappa shape index (κ3) is 4.40. The lowest BCUT2D eigenvalue weighted by atomic mass is 10.2. The maximum Gasteiger partial charge on any atom is 0.292 e. The Kier molecular flexibility index (Phi) is 5.50. The highest BCUT2D eigenvalue weighted by atomic mass is 32.2. The molecule has 0 unspecified atom stereocenters. The maximum atomic E-state index is 12.4. The van der Waals surface area contributed by atoms with Crippen LogP contribution in [0.25, 0.3) is 0 Å². The number of amides is 1. The van der Waals surface area contributed by atoms with Crippen molar-refractivity contribution >= 4 is 27.3 Å². The number of nitro benzene ring substituents is 1. The van der Waals surface area contributed by atoms with Gasteiger partial charge < -0.3 is 5.32 Å². The zero-order chi connectivity index (χ0) is 18.6. The molecule has 0 aliphatic heterocycles. The fourth-order valence-corrected chi connectivity index (χ4v) is 3.23. The largest absolute Gasteiger partial charge is 0.319 e. The van der Waals surface area contributed by atoms with E-state index in [-0.39, 0.29) is 16.3 Å². The third-order valence-corrected chi connectivity index (χ3v) is 5.29. The second-order valence-electron chi connectivity index (χ2n) is 5.40. The van der Waals surface area contributed by atoms with Crippen molar-refractivity contribution in [3.63, 3.8) is 0 Å². The van der Waals surface area contributed by atoms with E-state index in [9.17, 15) is 23.3 Å². The van der Waals surface area contributed by atoms with E-state index in [1.54, 1.807) is 12.1 Å². The molecular weight excluding hydrogens is 346 g/mol. The molecule has 0 heterocycles. The molecule has 1 N–H and O–H groups in total. The van der Waals surface area contributed by atoms with Gasteiger partial charge in [0.05, 0.1) is 16.4 Å². The summed E-state index contributed by atoms with van der Waals surface area (Å²) in [5.41, 5.74) is 0.661. The number of nitrogens with zero attached hydrogens (tertiary/aromatic N) is 2. The number of rotatable bonds is 6. The molecule has 8 nitrogen and oxygen atoms in total. The van der Waals surface area contributed by atoms with E-state index in [4.69, 9.17) is 0 Å². The number of nitro groups is 1. The molecule has 9 heteroatoms. The average molecular weight is 363 g/mol. The summed E-state index contributed by atoms with van der Waals surface area (Å²) in [5.74, 6) is -0.674. The van der Waals surface area contributed by atoms with Crippen LogP contribution in [0.2, 0.25) is 0 Å². The molecule has 0 aliphatic carbocycles. The van der Waals surface area contributed by atoms with Gasteiger partial charge in [0.1, 0.15) is 5.69 Å². The van der Waals surface area contributed by atoms with Crippen molar-refractivity contribution in [1.82, 2.24) is 4.31 Å². The van der Waals surface area contributed by atoms with Gasteiger partial charge in [-0.1, -0.05) is 29.8 Å². The number of likely N-dealkylation sites (N-methyl/N-ethyl adjacent to an activating group) is 1. The van der Waals surface area contributed by atoms with Gasteiger partial charge in [-0.05, 0) is 25.1 Å². The number of carbonyl (C=O) groups excluding carboxylic acids is 1. The van der Waals surface area contributed by atoms with Gasteiger partial charge in [-0.25, -0.2) is 8.42 Å². The smallest absolute Gasteiger partial charge is 0.292 e. The second kappa shape index (κ2) is 7.41. The highest BCUT2D eigenvalue weighted by molar-refractivity contribution is 7.89. The molecule has 0 radical (unpaired) electrons. The Hall–Kier alpha value is -2.78. The van der Waals surface area contributed by atoms with E-state index in [1.807, 2.05) is 6.92 Å². The van der Waals surface area contributed by atoms with Gasteiger partial charge in [-0.3, -0.25) is 14.9 Å². The lowest BCUT2D eigenvalue weighted by Gasteiger charge is -2.17. The van der Waals surface area contributed by atoms with E-state index < -0.39 is 27.4 Å². The molecule has 0 aliphatic rings. The zero-order valence-electron chi connectivity index (χ0n) is 13.7. The van der Waals surface area contributed by atoms with Crippen molar-refractivity contribution in [3.8, 4) is 0 Å². The quantitative estimate of drug-likeness (QED) is 0.625. The molecule has 0 saturated heterocycles. The SMILES string of the molecule is Cc1ccc(S(=O)(=O)N(C)CC(=O)Nc2ccccc2[N+](=O)[O-])cc1. The van der Waals surface area contributed by atoms with E-state index in [0.717, 1.165) is 9.87 Å². The molecule has 25 heavy (non-hydrogen) atoms. The van der Waals surface area contributed by atoms with Gasteiger partial charge in [-0.2, -0.15) is 4.31 Å². The predicted molar refractivity (Wildman–Crippen MR) is 92.7 cm³/mol. The van der Waals surface area contributed by atoms with Crippen LogP contribution in [-0.4, -0.2) is 37.1 Å². The van der Waals surface area contributed by atoms with Crippen molar-refractivity contribution in [2.24, 2.45) is 0 Å². The molecule has 2 aromatic carbocycles. The average Bonchev–Trinajstić information content (AvgIpc) is 2.55. The summed E-state index contributed by atoms with van der Waals surface area (Å²) in [6.45, 7) is 1.36. The Bertz CT molecular complexity index is 894. The van der Waals surface area contributed by atoms with Crippen LogP contribution < -0.4 is 5.32 Å². The van der Waals surface area contributed by atoms with Crippen LogP contribution >= 0.6 is 0 Å². The van der Waals surface area contributed by atoms with E-state index in [1.165, 1.54) is 43.4 Å². The Morgan fingerprint density at radius 1 is 1.16 bits per heavy atom. The Balaban J connectivity index is 2.12. The summed E-state index contributed by atoms with van der Waals surface area (Å²) in [6, 6.07) is 11.9. The van der Waals surface area contributed by atoms with Gasteiger partial charge in [0.25, 0.3) is 5.69 Å². The molecule has 132 valence electrons. The van der Waals surface area contributed by atoms with Crippen LogP contribution in [-0.2, 0) is 14.8 Å². The second-order valence-corrected chi connectivity index (χ2v) is 7.44. The summed E-state index contributed by atoms with van der Waals surface area (Å²) in [5, 5.41) is 13.3. The molecule has 0 saturated carbocycles. The van der Waals surface area contributed by atoms with Crippen LogP contribution in [0, 0.1) is 17.0 Å². The first-order chi connectivity index (χ1) is 11.7. The minimum Gasteiger partial charge on any atom is -0.319 e. The number of sulfonamides is 1. The van der Waals surface area contributed by atoms with Crippen LogP contribution in [0.5, 0.6) is 0 Å². The monoisotopic (exact) mass is 363 g/mol. The number of benzene rings is 2. The fourth-order valence-electron chi connectivity index (χ4n) is 2.11. The van der Waals surface area contributed by atoms with E-state index in [2.05, 4.69) is 5.32 Å². The normalized spacial score (nSPS) is 11.3. The van der Waals surface area contributed by atoms with E-state index >= 15 is 0 Å². The molecule has 2 rings (SSSR count). The highest BCUT2D eigenvalue weighted by Crippen LogP contribution is 2.23. The molecular formula is C16H17N3O5S. The number of nitrogens with one attached hydrogen (secondary N) is 1. The lowest BCUT2D eigenvalue weighted by Crippen LogP contribution is -2.35. The third-order valence-electron chi connectivity index (χ3n) is 3.47. The molecule has 0 fully saturated rings. The number of hydrogen-bond donors (Lipinski definition) is 1. The van der Waals surface area contributed by atoms with Gasteiger partial charge >= 0.3 is 0 Å². The van der Waals surface area contributed by atoms with Crippen molar-refractivity contribution < 1.29 is 18.1 Å². The first-order valence-electron chi connectivity index (χ1n) is 7.28. The van der Waals surface area contributed by atoms with Gasteiger partial charge in [0.15, 0.2) is 0 Å². The van der Waals surface area contributed by atoms with Crippen LogP contribution in [0.15, 0.2) is 53.4 Å². The van der Waals surface area contributed by atoms with Crippen molar-refractivity contribution in [2.45, 2.75) is 11.8 Å². The van der Waals surface area contributed by atoms with Crippen LogP contribution in [0.1, 0.15) is 5.56 Å². The minimum atomic E-state index is -3.83. The maximum absolute atomic E-state index is 12.4. The summed E-state index contributed by atoms with van der Waals surface area (Å²) in [7, 11) is -2.56. The predicted octanol–water partition coefficient (Wildman–Crippen LogP) is 2.16. The Labute approximate surface area is 145 Å². The molecule has 2 aromatic rings. The molecule has 0 bridgehead atoms. The van der Waals surface area contributed by atoms with Crippen molar-refractivity contribution in [2.75, 3.05) is 18.9 Å². The minimum absolute atomic E-state index is 0.0126. The molecule has 1 amide bonds. The van der Waals surface area contributed by atoms with Crippen molar-refractivity contribution in [3.05, 3.63) is 64.2 Å². The summed E-state index contributed by atoms with van der Waals surface area (Å²) in [4.78, 5) is 22.5. The van der Waals surface area contributed by atoms with Crippen LogP contribution in [0.4, 0.5) is 11.4 Å². The fraction of sp³-hybridized carbons (Fsp3) is 0.188. The first-order valence-corrected chi connectivity index (χ1v) is 8.72. The van der Waals surface area contributed by atoms with E-state index in [0.29, 0.717) is 0 Å². The van der Waals surface area contributed by atoms with Crippen LogP contribution in [0.3, 0.4) is 0 Å². The molecule has 0 spiro atoms.